The minimum Gasteiger partial charge on any atom is -0.497 e. The molecular formula is C16H16N4O3S. The maximum Gasteiger partial charge on any atom is 0.250 e. The second-order valence-electron chi connectivity index (χ2n) is 5.25. The quantitative estimate of drug-likeness (QED) is 0.701. The van der Waals surface area contributed by atoms with E-state index in [1.807, 2.05) is 24.3 Å². The standard InChI is InChI=1S/C16H16N4O3S/c1-23-14-5-3-12(4-6-14)11-20-15(13-7-9-17-10-8-13)18-19-16(20)24(2,21)22/h3-10H,11H2,1-2H3. The first-order chi connectivity index (χ1) is 11.5. The van der Waals surface area contributed by atoms with Crippen LogP contribution in [0, 0.1) is 0 Å². The lowest BCUT2D eigenvalue weighted by molar-refractivity contribution is 0.414. The van der Waals surface area contributed by atoms with Gasteiger partial charge in [0.2, 0.25) is 15.0 Å². The van der Waals surface area contributed by atoms with Crippen LogP contribution in [0.4, 0.5) is 0 Å². The molecule has 0 N–H and O–H groups in total. The largest absolute Gasteiger partial charge is 0.497 e. The summed E-state index contributed by atoms with van der Waals surface area (Å²) < 4.78 is 30.8. The molecule has 0 saturated carbocycles. The Morgan fingerprint density at radius 1 is 1.04 bits per heavy atom. The molecule has 0 aliphatic carbocycles. The van der Waals surface area contributed by atoms with Gasteiger partial charge in [0, 0.05) is 24.2 Å². The van der Waals surface area contributed by atoms with Gasteiger partial charge in [-0.25, -0.2) is 8.42 Å². The number of hydrogen-bond donors (Lipinski definition) is 0. The summed E-state index contributed by atoms with van der Waals surface area (Å²) in [5.41, 5.74) is 1.66. The molecule has 0 saturated heterocycles. The summed E-state index contributed by atoms with van der Waals surface area (Å²) in [7, 11) is -1.91. The van der Waals surface area contributed by atoms with Crippen molar-refractivity contribution in [3.63, 3.8) is 0 Å². The van der Waals surface area contributed by atoms with Gasteiger partial charge in [-0.2, -0.15) is 0 Å². The molecule has 2 aromatic heterocycles. The summed E-state index contributed by atoms with van der Waals surface area (Å²) >= 11 is 0. The van der Waals surface area contributed by atoms with E-state index in [1.165, 1.54) is 0 Å². The van der Waals surface area contributed by atoms with Crippen LogP contribution >= 0.6 is 0 Å². The maximum atomic E-state index is 12.0. The predicted molar refractivity (Wildman–Crippen MR) is 88.5 cm³/mol. The summed E-state index contributed by atoms with van der Waals surface area (Å²) in [5.74, 6) is 1.22. The number of sulfone groups is 1. The molecule has 3 rings (SSSR count). The maximum absolute atomic E-state index is 12.0. The zero-order chi connectivity index (χ0) is 17.2. The molecule has 24 heavy (non-hydrogen) atoms. The van der Waals surface area contributed by atoms with E-state index < -0.39 is 9.84 Å². The first kappa shape index (κ1) is 16.1. The van der Waals surface area contributed by atoms with E-state index in [-0.39, 0.29) is 5.16 Å². The molecule has 1 aromatic carbocycles. The molecule has 0 amide bonds. The van der Waals surface area contributed by atoms with E-state index in [0.29, 0.717) is 12.4 Å². The smallest absolute Gasteiger partial charge is 0.250 e. The van der Waals surface area contributed by atoms with E-state index in [9.17, 15) is 8.42 Å². The van der Waals surface area contributed by atoms with Crippen molar-refractivity contribution in [1.82, 2.24) is 19.7 Å². The molecule has 0 atom stereocenters. The van der Waals surface area contributed by atoms with Gasteiger partial charge >= 0.3 is 0 Å². The highest BCUT2D eigenvalue weighted by Gasteiger charge is 2.21. The number of aromatic nitrogens is 4. The van der Waals surface area contributed by atoms with Crippen LogP contribution in [0.3, 0.4) is 0 Å². The Morgan fingerprint density at radius 3 is 2.29 bits per heavy atom. The lowest BCUT2D eigenvalue weighted by Crippen LogP contribution is -2.11. The number of methoxy groups -OCH3 is 1. The molecule has 0 spiro atoms. The van der Waals surface area contributed by atoms with Crippen LogP contribution in [-0.2, 0) is 16.4 Å². The van der Waals surface area contributed by atoms with Crippen LogP contribution in [0.5, 0.6) is 5.75 Å². The number of hydrogen-bond acceptors (Lipinski definition) is 6. The lowest BCUT2D eigenvalue weighted by atomic mass is 10.2. The van der Waals surface area contributed by atoms with Crippen LogP contribution < -0.4 is 4.74 Å². The second kappa shape index (κ2) is 6.40. The molecule has 2 heterocycles. The van der Waals surface area contributed by atoms with Crippen molar-refractivity contribution in [3.05, 3.63) is 54.4 Å². The third-order valence-corrected chi connectivity index (χ3v) is 4.45. The Hall–Kier alpha value is -2.74. The molecule has 8 heteroatoms. The van der Waals surface area contributed by atoms with E-state index in [4.69, 9.17) is 4.74 Å². The van der Waals surface area contributed by atoms with Crippen molar-refractivity contribution in [1.29, 1.82) is 0 Å². The van der Waals surface area contributed by atoms with Crippen molar-refractivity contribution in [2.45, 2.75) is 11.7 Å². The Kier molecular flexibility index (Phi) is 4.30. The van der Waals surface area contributed by atoms with Crippen molar-refractivity contribution in [2.24, 2.45) is 0 Å². The third-order valence-electron chi connectivity index (χ3n) is 3.49. The van der Waals surface area contributed by atoms with Gasteiger partial charge in [0.25, 0.3) is 0 Å². The predicted octanol–water partition coefficient (Wildman–Crippen LogP) is 1.80. The average Bonchev–Trinajstić information content (AvgIpc) is 3.00. The fraction of sp³-hybridized carbons (Fsp3) is 0.188. The van der Waals surface area contributed by atoms with Gasteiger partial charge in [0.1, 0.15) is 5.75 Å². The summed E-state index contributed by atoms with van der Waals surface area (Å²) in [6.45, 7) is 0.330. The van der Waals surface area contributed by atoms with E-state index in [0.717, 1.165) is 23.1 Å². The monoisotopic (exact) mass is 344 g/mol. The molecule has 3 aromatic rings. The van der Waals surface area contributed by atoms with Crippen LogP contribution in [0.1, 0.15) is 5.56 Å². The number of rotatable bonds is 5. The first-order valence-electron chi connectivity index (χ1n) is 7.15. The van der Waals surface area contributed by atoms with Gasteiger partial charge in [0.05, 0.1) is 13.7 Å². The molecule has 7 nitrogen and oxygen atoms in total. The minimum absolute atomic E-state index is 0.0647. The highest BCUT2D eigenvalue weighted by Crippen LogP contribution is 2.22. The van der Waals surface area contributed by atoms with Crippen molar-refractivity contribution in [3.8, 4) is 17.1 Å². The molecule has 0 unspecified atom stereocenters. The zero-order valence-electron chi connectivity index (χ0n) is 13.2. The SMILES string of the molecule is COc1ccc(Cn2c(-c3ccncc3)nnc2S(C)(=O)=O)cc1. The Balaban J connectivity index is 2.08. The Morgan fingerprint density at radius 2 is 1.71 bits per heavy atom. The summed E-state index contributed by atoms with van der Waals surface area (Å²) in [4.78, 5) is 3.97. The van der Waals surface area contributed by atoms with E-state index in [1.54, 1.807) is 36.2 Å². The molecule has 0 fully saturated rings. The summed E-state index contributed by atoms with van der Waals surface area (Å²) in [6.07, 6.45) is 4.38. The number of ether oxygens (including phenoxy) is 1. The van der Waals surface area contributed by atoms with Crippen LogP contribution in [0.2, 0.25) is 0 Å². The number of benzene rings is 1. The van der Waals surface area contributed by atoms with Crippen molar-refractivity contribution >= 4 is 9.84 Å². The van der Waals surface area contributed by atoms with Crippen LogP contribution in [0.25, 0.3) is 11.4 Å². The molecule has 0 radical (unpaired) electrons. The van der Waals surface area contributed by atoms with Crippen molar-refractivity contribution < 1.29 is 13.2 Å². The van der Waals surface area contributed by atoms with Gasteiger partial charge in [-0.05, 0) is 29.8 Å². The van der Waals surface area contributed by atoms with Gasteiger partial charge in [0.15, 0.2) is 5.82 Å². The van der Waals surface area contributed by atoms with Crippen LogP contribution in [0.15, 0.2) is 53.9 Å². The first-order valence-corrected chi connectivity index (χ1v) is 9.05. The van der Waals surface area contributed by atoms with E-state index >= 15 is 0 Å². The van der Waals surface area contributed by atoms with Gasteiger partial charge < -0.3 is 4.74 Å². The number of nitrogens with zero attached hydrogens (tertiary/aromatic N) is 4. The fourth-order valence-corrected chi connectivity index (χ4v) is 3.07. The summed E-state index contributed by atoms with van der Waals surface area (Å²) in [5, 5.41) is 7.87. The molecule has 124 valence electrons. The molecule has 0 aliphatic rings. The highest BCUT2D eigenvalue weighted by molar-refractivity contribution is 7.90. The van der Waals surface area contributed by atoms with Gasteiger partial charge in [-0.1, -0.05) is 12.1 Å². The molecule has 0 bridgehead atoms. The minimum atomic E-state index is -3.50. The Bertz CT molecular complexity index is 935. The van der Waals surface area contributed by atoms with Crippen LogP contribution in [-0.4, -0.2) is 41.5 Å². The third kappa shape index (κ3) is 3.28. The van der Waals surface area contributed by atoms with Gasteiger partial charge in [-0.15, -0.1) is 10.2 Å². The molecule has 0 aliphatic heterocycles. The highest BCUT2D eigenvalue weighted by atomic mass is 32.2. The number of pyridine rings is 1. The zero-order valence-corrected chi connectivity index (χ0v) is 14.1. The topological polar surface area (TPSA) is 87.0 Å². The summed E-state index contributed by atoms with van der Waals surface area (Å²) in [6, 6.07) is 10.9. The van der Waals surface area contributed by atoms with Crippen molar-refractivity contribution in [2.75, 3.05) is 13.4 Å². The lowest BCUT2D eigenvalue weighted by Gasteiger charge is -2.10. The fourth-order valence-electron chi connectivity index (χ4n) is 2.33. The Labute approximate surface area is 139 Å². The van der Waals surface area contributed by atoms with E-state index in [2.05, 4.69) is 15.2 Å². The average molecular weight is 344 g/mol. The van der Waals surface area contributed by atoms with Gasteiger partial charge in [-0.3, -0.25) is 9.55 Å². The normalized spacial score (nSPS) is 11.4. The molecular weight excluding hydrogens is 328 g/mol. The second-order valence-corrected chi connectivity index (χ2v) is 7.16.